The van der Waals surface area contributed by atoms with E-state index < -0.39 is 5.97 Å². The van der Waals surface area contributed by atoms with E-state index in [1.807, 2.05) is 0 Å². The Morgan fingerprint density at radius 2 is 2.00 bits per heavy atom. The molecule has 19 heavy (non-hydrogen) atoms. The van der Waals surface area contributed by atoms with Crippen molar-refractivity contribution in [3.05, 3.63) is 46.2 Å². The molecule has 1 heterocycles. The van der Waals surface area contributed by atoms with Gasteiger partial charge in [0.2, 0.25) is 0 Å². The number of carboxylic acids is 1. The van der Waals surface area contributed by atoms with Crippen LogP contribution in [0.15, 0.2) is 30.5 Å². The summed E-state index contributed by atoms with van der Waals surface area (Å²) in [5.41, 5.74) is 0.827. The Hall–Kier alpha value is -1.78. The molecular formula is C13H9Cl2NO3. The van der Waals surface area contributed by atoms with Crippen LogP contribution in [0.4, 0.5) is 0 Å². The zero-order chi connectivity index (χ0) is 14.0. The van der Waals surface area contributed by atoms with Crippen molar-refractivity contribution in [3.63, 3.8) is 0 Å². The molecule has 0 saturated heterocycles. The van der Waals surface area contributed by atoms with Crippen LogP contribution in [0.3, 0.4) is 0 Å². The summed E-state index contributed by atoms with van der Waals surface area (Å²) < 4.78 is 5.05. The van der Waals surface area contributed by atoms with Gasteiger partial charge in [-0.2, -0.15) is 0 Å². The summed E-state index contributed by atoms with van der Waals surface area (Å²) in [4.78, 5) is 15.0. The number of benzene rings is 1. The second kappa shape index (κ2) is 5.47. The van der Waals surface area contributed by atoms with Gasteiger partial charge in [0.15, 0.2) is 5.69 Å². The zero-order valence-corrected chi connectivity index (χ0v) is 11.4. The Kier molecular flexibility index (Phi) is 3.93. The summed E-state index contributed by atoms with van der Waals surface area (Å²) in [6.07, 6.45) is 1.41. The lowest BCUT2D eigenvalue weighted by Gasteiger charge is -2.10. The molecule has 6 heteroatoms. The number of carbonyl (C=O) groups is 1. The minimum absolute atomic E-state index is 0.0781. The fraction of sp³-hybridized carbons (Fsp3) is 0.0769. The Balaban J connectivity index is 2.66. The maximum Gasteiger partial charge on any atom is 0.355 e. The SMILES string of the molecule is COc1cc(Cl)c(-c2cccnc2C(=O)O)cc1Cl. The first kappa shape index (κ1) is 13.6. The van der Waals surface area contributed by atoms with E-state index in [9.17, 15) is 4.79 Å². The molecule has 0 bridgehead atoms. The summed E-state index contributed by atoms with van der Waals surface area (Å²) in [6.45, 7) is 0. The van der Waals surface area contributed by atoms with E-state index in [0.29, 0.717) is 26.9 Å². The maximum absolute atomic E-state index is 11.2. The van der Waals surface area contributed by atoms with E-state index in [0.717, 1.165) is 0 Å². The lowest BCUT2D eigenvalue weighted by Crippen LogP contribution is -2.02. The lowest BCUT2D eigenvalue weighted by molar-refractivity contribution is 0.0691. The third kappa shape index (κ3) is 2.64. The highest BCUT2D eigenvalue weighted by Crippen LogP contribution is 2.37. The van der Waals surface area contributed by atoms with Gasteiger partial charge in [0.25, 0.3) is 0 Å². The third-order valence-electron chi connectivity index (χ3n) is 2.54. The number of aromatic nitrogens is 1. The highest BCUT2D eigenvalue weighted by molar-refractivity contribution is 6.36. The molecular weight excluding hydrogens is 289 g/mol. The summed E-state index contributed by atoms with van der Waals surface area (Å²) in [5, 5.41) is 9.82. The van der Waals surface area contributed by atoms with E-state index in [1.165, 1.54) is 19.4 Å². The quantitative estimate of drug-likeness (QED) is 0.937. The van der Waals surface area contributed by atoms with Crippen molar-refractivity contribution in [1.82, 2.24) is 4.98 Å². The minimum atomic E-state index is -1.13. The van der Waals surface area contributed by atoms with E-state index in [2.05, 4.69) is 4.98 Å². The molecule has 2 rings (SSSR count). The molecule has 1 aromatic carbocycles. The van der Waals surface area contributed by atoms with Crippen LogP contribution < -0.4 is 4.74 Å². The number of aromatic carboxylic acids is 1. The molecule has 0 spiro atoms. The summed E-state index contributed by atoms with van der Waals surface area (Å²) >= 11 is 12.2. The van der Waals surface area contributed by atoms with Gasteiger partial charge >= 0.3 is 5.97 Å². The molecule has 0 aliphatic carbocycles. The normalized spacial score (nSPS) is 10.3. The molecule has 0 aliphatic rings. The first-order valence-electron chi connectivity index (χ1n) is 5.26. The number of halogens is 2. The van der Waals surface area contributed by atoms with Gasteiger partial charge in [0.1, 0.15) is 5.75 Å². The van der Waals surface area contributed by atoms with Crippen LogP contribution in [0, 0.1) is 0 Å². The summed E-state index contributed by atoms with van der Waals surface area (Å²) in [7, 11) is 1.48. The van der Waals surface area contributed by atoms with Gasteiger partial charge in [0, 0.05) is 23.4 Å². The summed E-state index contributed by atoms with van der Waals surface area (Å²) in [5.74, 6) is -0.699. The van der Waals surface area contributed by atoms with Gasteiger partial charge in [-0.05, 0) is 12.1 Å². The monoisotopic (exact) mass is 297 g/mol. The van der Waals surface area contributed by atoms with Crippen LogP contribution in [0.1, 0.15) is 10.5 Å². The van der Waals surface area contributed by atoms with Crippen molar-refractivity contribution in [2.45, 2.75) is 0 Å². The minimum Gasteiger partial charge on any atom is -0.495 e. The third-order valence-corrected chi connectivity index (χ3v) is 3.15. The molecule has 2 aromatic rings. The Bertz CT molecular complexity index is 644. The second-order valence-electron chi connectivity index (χ2n) is 3.67. The molecule has 0 aliphatic heterocycles. The van der Waals surface area contributed by atoms with Crippen LogP contribution in [-0.2, 0) is 0 Å². The highest BCUT2D eigenvalue weighted by Gasteiger charge is 2.17. The largest absolute Gasteiger partial charge is 0.495 e. The van der Waals surface area contributed by atoms with Crippen LogP contribution >= 0.6 is 23.2 Å². The molecule has 1 aromatic heterocycles. The first-order chi connectivity index (χ1) is 9.04. The Morgan fingerprint density at radius 1 is 1.26 bits per heavy atom. The molecule has 0 atom stereocenters. The van der Waals surface area contributed by atoms with Gasteiger partial charge in [0.05, 0.1) is 17.2 Å². The molecule has 0 unspecified atom stereocenters. The molecule has 98 valence electrons. The van der Waals surface area contributed by atoms with Crippen molar-refractivity contribution >= 4 is 29.2 Å². The number of carboxylic acid groups (broad SMARTS) is 1. The number of methoxy groups -OCH3 is 1. The number of ether oxygens (including phenoxy) is 1. The molecule has 4 nitrogen and oxygen atoms in total. The molecule has 1 N–H and O–H groups in total. The molecule has 0 radical (unpaired) electrons. The fourth-order valence-electron chi connectivity index (χ4n) is 1.68. The van der Waals surface area contributed by atoms with E-state index in [1.54, 1.807) is 18.2 Å². The standard InChI is InChI=1S/C13H9Cl2NO3/c1-19-11-6-9(14)8(5-10(11)15)7-3-2-4-16-12(7)13(17)18/h2-6H,1H3,(H,17,18). The van der Waals surface area contributed by atoms with Crippen LogP contribution in [0.2, 0.25) is 10.0 Å². The average molecular weight is 298 g/mol. The van der Waals surface area contributed by atoms with Crippen LogP contribution in [-0.4, -0.2) is 23.2 Å². The van der Waals surface area contributed by atoms with Crippen molar-refractivity contribution in [1.29, 1.82) is 0 Å². The fourth-order valence-corrected chi connectivity index (χ4v) is 2.18. The number of nitrogens with zero attached hydrogens (tertiary/aromatic N) is 1. The van der Waals surface area contributed by atoms with Crippen molar-refractivity contribution in [3.8, 4) is 16.9 Å². The second-order valence-corrected chi connectivity index (χ2v) is 4.49. The molecule has 0 amide bonds. The van der Waals surface area contributed by atoms with Crippen molar-refractivity contribution < 1.29 is 14.6 Å². The molecule has 0 fully saturated rings. The van der Waals surface area contributed by atoms with Crippen molar-refractivity contribution in [2.75, 3.05) is 7.11 Å². The molecule has 0 saturated carbocycles. The van der Waals surface area contributed by atoms with Gasteiger partial charge in [-0.15, -0.1) is 0 Å². The topological polar surface area (TPSA) is 59.4 Å². The Labute approximate surface area is 119 Å². The van der Waals surface area contributed by atoms with Crippen LogP contribution in [0.5, 0.6) is 5.75 Å². The summed E-state index contributed by atoms with van der Waals surface area (Å²) in [6, 6.07) is 6.36. The predicted octanol–water partition coefficient (Wildman–Crippen LogP) is 3.76. The Morgan fingerprint density at radius 3 is 2.63 bits per heavy atom. The number of hydrogen-bond acceptors (Lipinski definition) is 3. The smallest absolute Gasteiger partial charge is 0.355 e. The first-order valence-corrected chi connectivity index (χ1v) is 6.02. The van der Waals surface area contributed by atoms with Crippen molar-refractivity contribution in [2.24, 2.45) is 0 Å². The highest BCUT2D eigenvalue weighted by atomic mass is 35.5. The van der Waals surface area contributed by atoms with Gasteiger partial charge in [-0.1, -0.05) is 29.3 Å². The number of pyridine rings is 1. The predicted molar refractivity (Wildman–Crippen MR) is 73.2 cm³/mol. The zero-order valence-electron chi connectivity index (χ0n) is 9.85. The van der Waals surface area contributed by atoms with Gasteiger partial charge in [-0.3, -0.25) is 0 Å². The number of hydrogen-bond donors (Lipinski definition) is 1. The number of rotatable bonds is 3. The van der Waals surface area contributed by atoms with Crippen LogP contribution in [0.25, 0.3) is 11.1 Å². The van der Waals surface area contributed by atoms with Gasteiger partial charge in [-0.25, -0.2) is 9.78 Å². The average Bonchev–Trinajstić information content (AvgIpc) is 2.40. The maximum atomic E-state index is 11.2. The van der Waals surface area contributed by atoms with E-state index in [-0.39, 0.29) is 5.69 Å². The lowest BCUT2D eigenvalue weighted by atomic mass is 10.0. The van der Waals surface area contributed by atoms with E-state index >= 15 is 0 Å². The van der Waals surface area contributed by atoms with Gasteiger partial charge < -0.3 is 9.84 Å². The van der Waals surface area contributed by atoms with E-state index in [4.69, 9.17) is 33.0 Å².